The third kappa shape index (κ3) is 1.95. The highest BCUT2D eigenvalue weighted by Crippen LogP contribution is 2.33. The first-order valence-electron chi connectivity index (χ1n) is 6.44. The molecular weight excluding hydrogens is 252 g/mol. The largest absolute Gasteiger partial charge is 0.368 e. The number of para-hydroxylation sites is 1. The number of carbonyl (C=O) groups excluding carboxylic acids is 2. The quantitative estimate of drug-likeness (QED) is 0.900. The summed E-state index contributed by atoms with van der Waals surface area (Å²) >= 11 is 0. The predicted molar refractivity (Wildman–Crippen MR) is 76.4 cm³/mol. The fourth-order valence-electron chi connectivity index (χ4n) is 2.58. The highest BCUT2D eigenvalue weighted by molar-refractivity contribution is 6.11. The molecule has 0 unspecified atom stereocenters. The van der Waals surface area contributed by atoms with Gasteiger partial charge >= 0.3 is 0 Å². The zero-order chi connectivity index (χ0) is 14.1. The molecular formula is C16H14N2O2. The van der Waals surface area contributed by atoms with Gasteiger partial charge in [0.25, 0.3) is 5.91 Å². The molecule has 2 aromatic rings. The van der Waals surface area contributed by atoms with Gasteiger partial charge < -0.3 is 5.73 Å². The number of hydrogen-bond acceptors (Lipinski definition) is 2. The lowest BCUT2D eigenvalue weighted by Gasteiger charge is -2.23. The van der Waals surface area contributed by atoms with E-state index in [1.54, 1.807) is 24.3 Å². The highest BCUT2D eigenvalue weighted by atomic mass is 16.2. The zero-order valence-electron chi connectivity index (χ0n) is 10.8. The molecule has 1 heterocycles. The molecule has 0 saturated heterocycles. The maximum atomic E-state index is 12.6. The van der Waals surface area contributed by atoms with E-state index in [9.17, 15) is 9.59 Å². The Morgan fingerprint density at radius 3 is 2.35 bits per heavy atom. The number of nitrogens with two attached hydrogens (primary N) is 1. The van der Waals surface area contributed by atoms with Gasteiger partial charge in [0.1, 0.15) is 6.04 Å². The van der Waals surface area contributed by atoms with Crippen LogP contribution in [0.4, 0.5) is 5.69 Å². The van der Waals surface area contributed by atoms with Gasteiger partial charge in [0.15, 0.2) is 0 Å². The monoisotopic (exact) mass is 266 g/mol. The average molecular weight is 266 g/mol. The Labute approximate surface area is 116 Å². The van der Waals surface area contributed by atoms with Crippen LogP contribution in [0.15, 0.2) is 54.6 Å². The normalized spacial score (nSPS) is 16.8. The molecule has 2 N–H and O–H groups in total. The van der Waals surface area contributed by atoms with Gasteiger partial charge in [-0.25, -0.2) is 0 Å². The van der Waals surface area contributed by atoms with Crippen molar-refractivity contribution in [3.8, 4) is 0 Å². The van der Waals surface area contributed by atoms with Crippen LogP contribution in [-0.2, 0) is 11.2 Å². The molecule has 0 aliphatic carbocycles. The van der Waals surface area contributed by atoms with Crippen molar-refractivity contribution in [2.24, 2.45) is 5.73 Å². The first kappa shape index (κ1) is 12.4. The van der Waals surface area contributed by atoms with Gasteiger partial charge in [-0.2, -0.15) is 0 Å². The van der Waals surface area contributed by atoms with Crippen LogP contribution in [0.1, 0.15) is 15.9 Å². The van der Waals surface area contributed by atoms with Crippen molar-refractivity contribution < 1.29 is 9.59 Å². The lowest BCUT2D eigenvalue weighted by molar-refractivity contribution is -0.119. The van der Waals surface area contributed by atoms with Crippen molar-refractivity contribution in [2.75, 3.05) is 4.90 Å². The number of nitrogens with zero attached hydrogens (tertiary/aromatic N) is 1. The highest BCUT2D eigenvalue weighted by Gasteiger charge is 2.37. The maximum absolute atomic E-state index is 12.6. The molecule has 20 heavy (non-hydrogen) atoms. The van der Waals surface area contributed by atoms with E-state index in [1.165, 1.54) is 4.90 Å². The number of fused-ring (bicyclic) bond motifs is 1. The molecule has 1 atom stereocenters. The van der Waals surface area contributed by atoms with E-state index in [4.69, 9.17) is 5.73 Å². The van der Waals surface area contributed by atoms with Crippen molar-refractivity contribution >= 4 is 17.5 Å². The van der Waals surface area contributed by atoms with Gasteiger partial charge in [-0.3, -0.25) is 14.5 Å². The Kier molecular flexibility index (Phi) is 2.99. The second-order valence-electron chi connectivity index (χ2n) is 4.79. The molecule has 4 nitrogen and oxygen atoms in total. The molecule has 4 heteroatoms. The molecule has 1 aliphatic rings. The molecule has 0 radical (unpaired) electrons. The molecule has 0 spiro atoms. The maximum Gasteiger partial charge on any atom is 0.259 e. The predicted octanol–water partition coefficient (Wildman–Crippen LogP) is 1.74. The van der Waals surface area contributed by atoms with Gasteiger partial charge in [0.2, 0.25) is 5.91 Å². The Bertz CT molecular complexity index is 667. The minimum absolute atomic E-state index is 0.195. The van der Waals surface area contributed by atoms with Crippen molar-refractivity contribution in [3.63, 3.8) is 0 Å². The topological polar surface area (TPSA) is 63.4 Å². The Balaban J connectivity index is 2.05. The first-order valence-corrected chi connectivity index (χ1v) is 6.44. The van der Waals surface area contributed by atoms with Crippen molar-refractivity contribution in [1.29, 1.82) is 0 Å². The Hall–Kier alpha value is -2.62. The molecule has 0 aromatic heterocycles. The lowest BCUT2D eigenvalue weighted by Crippen LogP contribution is -2.46. The fourth-order valence-corrected chi connectivity index (χ4v) is 2.58. The summed E-state index contributed by atoms with van der Waals surface area (Å²) < 4.78 is 0. The molecule has 0 fully saturated rings. The molecule has 3 rings (SSSR count). The van der Waals surface area contributed by atoms with Gasteiger partial charge in [-0.05, 0) is 23.8 Å². The van der Waals surface area contributed by atoms with E-state index in [2.05, 4.69) is 0 Å². The van der Waals surface area contributed by atoms with Gasteiger partial charge in [-0.1, -0.05) is 36.4 Å². The number of hydrogen-bond donors (Lipinski definition) is 1. The Morgan fingerprint density at radius 2 is 1.65 bits per heavy atom. The third-order valence-corrected chi connectivity index (χ3v) is 3.54. The smallest absolute Gasteiger partial charge is 0.259 e. The number of carbonyl (C=O) groups is 2. The number of primary amides is 1. The summed E-state index contributed by atoms with van der Waals surface area (Å²) in [4.78, 5) is 25.8. The zero-order valence-corrected chi connectivity index (χ0v) is 10.8. The Morgan fingerprint density at radius 1 is 1.00 bits per heavy atom. The van der Waals surface area contributed by atoms with Gasteiger partial charge in [0.05, 0.1) is 0 Å². The van der Waals surface area contributed by atoms with E-state index in [-0.39, 0.29) is 5.91 Å². The third-order valence-electron chi connectivity index (χ3n) is 3.54. The lowest BCUT2D eigenvalue weighted by atomic mass is 10.1. The van der Waals surface area contributed by atoms with E-state index in [1.807, 2.05) is 30.3 Å². The molecule has 1 aliphatic heterocycles. The van der Waals surface area contributed by atoms with Crippen LogP contribution in [0.5, 0.6) is 0 Å². The first-order chi connectivity index (χ1) is 9.68. The van der Waals surface area contributed by atoms with Gasteiger partial charge in [0, 0.05) is 17.7 Å². The van der Waals surface area contributed by atoms with Crippen molar-refractivity contribution in [3.05, 3.63) is 65.7 Å². The van der Waals surface area contributed by atoms with Crippen LogP contribution < -0.4 is 10.6 Å². The van der Waals surface area contributed by atoms with E-state index in [0.29, 0.717) is 12.0 Å². The molecule has 2 amide bonds. The molecule has 0 saturated carbocycles. The van der Waals surface area contributed by atoms with E-state index >= 15 is 0 Å². The summed E-state index contributed by atoms with van der Waals surface area (Å²) in [5.74, 6) is -0.676. The summed E-state index contributed by atoms with van der Waals surface area (Å²) in [6, 6.07) is 15.8. The SMILES string of the molecule is NC(=O)[C@@H]1Cc2ccccc2N1C(=O)c1ccccc1. The van der Waals surface area contributed by atoms with Crippen LogP contribution in [0, 0.1) is 0 Å². The number of amides is 2. The number of benzene rings is 2. The second-order valence-corrected chi connectivity index (χ2v) is 4.79. The summed E-state index contributed by atoms with van der Waals surface area (Å²) in [5, 5.41) is 0. The van der Waals surface area contributed by atoms with E-state index < -0.39 is 11.9 Å². The van der Waals surface area contributed by atoms with E-state index in [0.717, 1.165) is 11.3 Å². The fraction of sp³-hybridized carbons (Fsp3) is 0.125. The van der Waals surface area contributed by atoms with Gasteiger partial charge in [-0.15, -0.1) is 0 Å². The number of anilines is 1. The van der Waals surface area contributed by atoms with Crippen LogP contribution >= 0.6 is 0 Å². The second kappa shape index (κ2) is 4.81. The molecule has 0 bridgehead atoms. The van der Waals surface area contributed by atoms with Crippen molar-refractivity contribution in [1.82, 2.24) is 0 Å². The number of rotatable bonds is 2. The van der Waals surface area contributed by atoms with Crippen LogP contribution in [0.3, 0.4) is 0 Å². The standard InChI is InChI=1S/C16H14N2O2/c17-15(19)14-10-12-8-4-5-9-13(12)18(14)16(20)11-6-2-1-3-7-11/h1-9,14H,10H2,(H2,17,19)/t14-/m0/s1. The van der Waals surface area contributed by atoms with Crippen LogP contribution in [-0.4, -0.2) is 17.9 Å². The summed E-state index contributed by atoms with van der Waals surface area (Å²) in [7, 11) is 0. The van der Waals surface area contributed by atoms with Crippen LogP contribution in [0.2, 0.25) is 0 Å². The summed E-state index contributed by atoms with van der Waals surface area (Å²) in [6.45, 7) is 0. The molecule has 2 aromatic carbocycles. The van der Waals surface area contributed by atoms with Crippen LogP contribution in [0.25, 0.3) is 0 Å². The summed E-state index contributed by atoms with van der Waals surface area (Å²) in [5.41, 5.74) is 7.74. The average Bonchev–Trinajstić information content (AvgIpc) is 2.87. The molecule has 100 valence electrons. The minimum atomic E-state index is -0.611. The van der Waals surface area contributed by atoms with Crippen molar-refractivity contribution in [2.45, 2.75) is 12.5 Å². The summed E-state index contributed by atoms with van der Waals surface area (Å²) in [6.07, 6.45) is 0.476. The minimum Gasteiger partial charge on any atom is -0.368 e.